The summed E-state index contributed by atoms with van der Waals surface area (Å²) in [6, 6.07) is 12.8. The van der Waals surface area contributed by atoms with Gasteiger partial charge in [-0.3, -0.25) is 4.90 Å². The van der Waals surface area contributed by atoms with Crippen LogP contribution in [0.15, 0.2) is 65.8 Å². The quantitative estimate of drug-likeness (QED) is 0.334. The van der Waals surface area contributed by atoms with E-state index in [2.05, 4.69) is 99.5 Å². The first kappa shape index (κ1) is 30.5. The molecule has 1 aliphatic rings. The Morgan fingerprint density at radius 3 is 2.54 bits per heavy atom. The van der Waals surface area contributed by atoms with E-state index in [1.165, 1.54) is 45.9 Å². The molecule has 0 aliphatic carbocycles. The zero-order chi connectivity index (χ0) is 27.6. The van der Waals surface area contributed by atoms with E-state index in [4.69, 9.17) is 0 Å². The van der Waals surface area contributed by atoms with E-state index in [9.17, 15) is 9.50 Å². The number of benzene rings is 2. The number of halogens is 1. The van der Waals surface area contributed by atoms with Gasteiger partial charge in [-0.25, -0.2) is 4.39 Å². The monoisotopic (exact) mass is 506 g/mol. The third kappa shape index (κ3) is 8.98. The molecule has 0 fully saturated rings. The van der Waals surface area contributed by atoms with Crippen LogP contribution in [0, 0.1) is 6.92 Å². The third-order valence-corrected chi connectivity index (χ3v) is 6.80. The molecule has 0 spiro atoms. The number of allylic oxidation sites excluding steroid dienone is 6. The molecule has 2 N–H and O–H groups in total. The summed E-state index contributed by atoms with van der Waals surface area (Å²) in [4.78, 5) is 2.09. The van der Waals surface area contributed by atoms with Crippen LogP contribution in [-0.2, 0) is 13.0 Å². The van der Waals surface area contributed by atoms with Crippen molar-refractivity contribution in [2.24, 2.45) is 0 Å². The fourth-order valence-corrected chi connectivity index (χ4v) is 4.60. The first-order valence-electron chi connectivity index (χ1n) is 13.6. The predicted molar refractivity (Wildman–Crippen MR) is 159 cm³/mol. The lowest BCUT2D eigenvalue weighted by atomic mass is 9.96. The molecule has 3 rings (SSSR count). The minimum atomic E-state index is -1.57. The molecule has 1 heterocycles. The lowest BCUT2D eigenvalue weighted by Crippen LogP contribution is -2.42. The predicted octanol–water partition coefficient (Wildman–Crippen LogP) is 8.55. The third-order valence-electron chi connectivity index (χ3n) is 6.80. The Bertz CT molecular complexity index is 1130. The van der Waals surface area contributed by atoms with Crippen molar-refractivity contribution in [2.75, 3.05) is 25.0 Å². The maximum Gasteiger partial charge on any atom is 0.143 e. The fourth-order valence-electron chi connectivity index (χ4n) is 4.60. The molecular formula is C33H47FN2O. The second kappa shape index (κ2) is 14.3. The van der Waals surface area contributed by atoms with Crippen LogP contribution >= 0.6 is 0 Å². The van der Waals surface area contributed by atoms with Gasteiger partial charge in [0, 0.05) is 31.0 Å². The Morgan fingerprint density at radius 2 is 1.86 bits per heavy atom. The number of alkyl halides is 1. The largest absolute Gasteiger partial charge is 0.393 e. The lowest BCUT2D eigenvalue weighted by molar-refractivity contribution is 0.0432. The summed E-state index contributed by atoms with van der Waals surface area (Å²) in [5.41, 5.74) is 9.47. The van der Waals surface area contributed by atoms with Gasteiger partial charge < -0.3 is 10.4 Å². The summed E-state index contributed by atoms with van der Waals surface area (Å²) >= 11 is 0. The molecule has 3 nitrogen and oxygen atoms in total. The second-order valence-electron chi connectivity index (χ2n) is 10.2. The van der Waals surface area contributed by atoms with Crippen LogP contribution in [0.4, 0.5) is 15.8 Å². The van der Waals surface area contributed by atoms with Crippen LogP contribution in [0.3, 0.4) is 0 Å². The molecule has 1 atom stereocenters. The summed E-state index contributed by atoms with van der Waals surface area (Å²) in [6.07, 6.45) is 8.55. The van der Waals surface area contributed by atoms with Crippen molar-refractivity contribution < 1.29 is 9.50 Å². The van der Waals surface area contributed by atoms with Crippen molar-refractivity contribution in [1.82, 2.24) is 4.90 Å². The van der Waals surface area contributed by atoms with Crippen LogP contribution in [0.2, 0.25) is 0 Å². The van der Waals surface area contributed by atoms with Gasteiger partial charge in [-0.15, -0.1) is 0 Å². The Morgan fingerprint density at radius 1 is 1.14 bits per heavy atom. The van der Waals surface area contributed by atoms with Crippen LogP contribution in [0.1, 0.15) is 77.1 Å². The molecule has 0 amide bonds. The highest BCUT2D eigenvalue weighted by Crippen LogP contribution is 2.31. The number of hydrogen-bond acceptors (Lipinski definition) is 3. The van der Waals surface area contributed by atoms with E-state index in [1.54, 1.807) is 0 Å². The average molecular weight is 507 g/mol. The molecule has 0 aromatic heterocycles. The van der Waals surface area contributed by atoms with Crippen LogP contribution in [-0.4, -0.2) is 35.4 Å². The van der Waals surface area contributed by atoms with Gasteiger partial charge in [-0.1, -0.05) is 68.3 Å². The molecule has 0 bridgehead atoms. The number of rotatable bonds is 9. The fraction of sp³-hybridized carbons (Fsp3) is 0.455. The first-order valence-corrected chi connectivity index (χ1v) is 13.6. The topological polar surface area (TPSA) is 35.5 Å². The second-order valence-corrected chi connectivity index (χ2v) is 10.2. The molecule has 2 aromatic carbocycles. The van der Waals surface area contributed by atoms with Gasteiger partial charge in [0.15, 0.2) is 0 Å². The van der Waals surface area contributed by atoms with Gasteiger partial charge in [0.05, 0.1) is 6.61 Å². The number of nitrogens with one attached hydrogen (secondary N) is 1. The molecule has 2 aromatic rings. The summed E-state index contributed by atoms with van der Waals surface area (Å²) in [6.45, 7) is 17.5. The van der Waals surface area contributed by atoms with Crippen molar-refractivity contribution in [3.8, 4) is 0 Å². The van der Waals surface area contributed by atoms with Gasteiger partial charge in [-0.2, -0.15) is 0 Å². The standard InChI is InChI=1S/C31H41FN2O.C2H6/c1-7-22(2)17-23(3)11-12-24(4)29-18-27(14-13-25(29)5)33-30-10-8-9-26-19-34(16-15-28(26)30)20-31(6,32)21-35;1-2/h8-14,17-18,33,35H,7,15-16,19-21H2,1-6H3;1-2H3/b22-17?,23-11-,24-12+;. The van der Waals surface area contributed by atoms with Crippen molar-refractivity contribution in [1.29, 1.82) is 0 Å². The van der Waals surface area contributed by atoms with E-state index in [-0.39, 0.29) is 6.54 Å². The molecule has 0 saturated heterocycles. The summed E-state index contributed by atoms with van der Waals surface area (Å²) in [7, 11) is 0. The van der Waals surface area contributed by atoms with E-state index >= 15 is 0 Å². The number of nitrogens with zero attached hydrogens (tertiary/aromatic N) is 1. The maximum absolute atomic E-state index is 14.3. The van der Waals surface area contributed by atoms with Crippen LogP contribution in [0.5, 0.6) is 0 Å². The van der Waals surface area contributed by atoms with E-state index in [0.29, 0.717) is 6.54 Å². The van der Waals surface area contributed by atoms with E-state index < -0.39 is 12.3 Å². The van der Waals surface area contributed by atoms with Gasteiger partial charge in [0.25, 0.3) is 0 Å². The maximum atomic E-state index is 14.3. The van der Waals surface area contributed by atoms with Gasteiger partial charge in [0.2, 0.25) is 0 Å². The van der Waals surface area contributed by atoms with Crippen molar-refractivity contribution in [3.05, 3.63) is 88.0 Å². The number of aliphatic hydroxyl groups is 1. The van der Waals surface area contributed by atoms with Crippen molar-refractivity contribution >= 4 is 16.9 Å². The highest BCUT2D eigenvalue weighted by Gasteiger charge is 2.28. The average Bonchev–Trinajstić information content (AvgIpc) is 2.89. The van der Waals surface area contributed by atoms with Gasteiger partial charge in [0.1, 0.15) is 5.67 Å². The highest BCUT2D eigenvalue weighted by molar-refractivity contribution is 5.74. The summed E-state index contributed by atoms with van der Waals surface area (Å²) in [5.74, 6) is 0. The molecule has 37 heavy (non-hydrogen) atoms. The normalized spacial score (nSPS) is 16.4. The van der Waals surface area contributed by atoms with E-state index in [0.717, 1.165) is 30.8 Å². The number of hydrogen-bond donors (Lipinski definition) is 2. The number of fused-ring (bicyclic) bond motifs is 1. The zero-order valence-corrected chi connectivity index (χ0v) is 24.2. The minimum Gasteiger partial charge on any atom is -0.393 e. The molecule has 0 radical (unpaired) electrons. The summed E-state index contributed by atoms with van der Waals surface area (Å²) < 4.78 is 14.3. The van der Waals surface area contributed by atoms with E-state index in [1.807, 2.05) is 13.8 Å². The SMILES string of the molecule is CC.CCC(C)=C/C(C)=C\C=C(/C)c1cc(Nc2cccc3c2CCN(CC(C)(F)CO)C3)ccc1C. The Hall–Kier alpha value is -2.69. The van der Waals surface area contributed by atoms with Crippen LogP contribution < -0.4 is 5.32 Å². The Labute approximate surface area is 224 Å². The van der Waals surface area contributed by atoms with Gasteiger partial charge >= 0.3 is 0 Å². The van der Waals surface area contributed by atoms with Gasteiger partial charge in [-0.05, 0) is 93.5 Å². The molecule has 4 heteroatoms. The lowest BCUT2D eigenvalue weighted by Gasteiger charge is -2.33. The Balaban J connectivity index is 0.00000235. The molecule has 1 aliphatic heterocycles. The Kier molecular flexibility index (Phi) is 11.8. The van der Waals surface area contributed by atoms with Crippen molar-refractivity contribution in [3.63, 3.8) is 0 Å². The molecule has 0 saturated carbocycles. The number of aliphatic hydroxyl groups excluding tert-OH is 1. The van der Waals surface area contributed by atoms with Crippen molar-refractivity contribution in [2.45, 2.75) is 80.4 Å². The van der Waals surface area contributed by atoms with Crippen LogP contribution in [0.25, 0.3) is 5.57 Å². The summed E-state index contributed by atoms with van der Waals surface area (Å²) in [5, 5.41) is 12.9. The molecular weight excluding hydrogens is 459 g/mol. The zero-order valence-electron chi connectivity index (χ0n) is 24.2. The smallest absolute Gasteiger partial charge is 0.143 e. The minimum absolute atomic E-state index is 0.245. The highest BCUT2D eigenvalue weighted by atomic mass is 19.1. The molecule has 202 valence electrons. The number of anilines is 2. The number of aryl methyl sites for hydroxylation is 1. The first-order chi connectivity index (χ1) is 17.6. The molecule has 1 unspecified atom stereocenters.